The van der Waals surface area contributed by atoms with Gasteiger partial charge in [0.25, 0.3) is 5.91 Å². The predicted molar refractivity (Wildman–Crippen MR) is 77.1 cm³/mol. The molecule has 0 heterocycles. The Bertz CT molecular complexity index is 741. The molecule has 0 radical (unpaired) electrons. The van der Waals surface area contributed by atoms with Crippen molar-refractivity contribution >= 4 is 23.2 Å². The zero-order valence-electron chi connectivity index (χ0n) is 11.0. The van der Waals surface area contributed by atoms with Gasteiger partial charge in [0, 0.05) is 11.1 Å². The van der Waals surface area contributed by atoms with Crippen molar-refractivity contribution in [1.29, 1.82) is 5.26 Å². The number of benzene rings is 2. The molecule has 2 aromatic carbocycles. The Labute approximate surface area is 125 Å². The highest BCUT2D eigenvalue weighted by molar-refractivity contribution is 6.31. The van der Waals surface area contributed by atoms with Crippen molar-refractivity contribution in [3.8, 4) is 11.8 Å². The summed E-state index contributed by atoms with van der Waals surface area (Å²) in [6.45, 7) is 0. The minimum Gasteiger partial charge on any atom is -0.495 e. The minimum atomic E-state index is -0.676. The Kier molecular flexibility index (Phi) is 4.41. The number of hydrogen-bond acceptors (Lipinski definition) is 3. The number of rotatable bonds is 3. The molecule has 6 heteroatoms. The molecule has 0 aromatic heterocycles. The van der Waals surface area contributed by atoms with E-state index in [1.54, 1.807) is 0 Å². The number of amides is 1. The zero-order chi connectivity index (χ0) is 15.4. The third-order valence-corrected chi connectivity index (χ3v) is 2.99. The molecule has 2 rings (SSSR count). The summed E-state index contributed by atoms with van der Waals surface area (Å²) >= 11 is 5.75. The molecule has 4 nitrogen and oxygen atoms in total. The number of nitriles is 1. The molecule has 0 aliphatic rings. The van der Waals surface area contributed by atoms with Gasteiger partial charge >= 0.3 is 0 Å². The first-order valence-electron chi connectivity index (χ1n) is 5.89. The van der Waals surface area contributed by atoms with Crippen LogP contribution in [-0.2, 0) is 0 Å². The van der Waals surface area contributed by atoms with Gasteiger partial charge in [-0.15, -0.1) is 0 Å². The Morgan fingerprint density at radius 3 is 2.76 bits per heavy atom. The molecule has 1 amide bonds. The van der Waals surface area contributed by atoms with Crippen LogP contribution in [0.3, 0.4) is 0 Å². The van der Waals surface area contributed by atoms with Crippen LogP contribution >= 0.6 is 11.6 Å². The molecule has 0 saturated carbocycles. The first-order chi connectivity index (χ1) is 10.0. The maximum atomic E-state index is 13.6. The highest BCUT2D eigenvalue weighted by atomic mass is 35.5. The van der Waals surface area contributed by atoms with E-state index in [9.17, 15) is 9.18 Å². The lowest BCUT2D eigenvalue weighted by Crippen LogP contribution is -2.14. The summed E-state index contributed by atoms with van der Waals surface area (Å²) < 4.78 is 18.7. The second kappa shape index (κ2) is 6.25. The molecule has 2 aromatic rings. The summed E-state index contributed by atoms with van der Waals surface area (Å²) in [6.07, 6.45) is 0. The number of methoxy groups -OCH3 is 1. The topological polar surface area (TPSA) is 62.1 Å². The molecule has 21 heavy (non-hydrogen) atoms. The van der Waals surface area contributed by atoms with Crippen LogP contribution in [-0.4, -0.2) is 13.0 Å². The van der Waals surface area contributed by atoms with Crippen LogP contribution < -0.4 is 10.1 Å². The summed E-state index contributed by atoms with van der Waals surface area (Å²) in [7, 11) is 1.41. The lowest BCUT2D eigenvalue weighted by Gasteiger charge is -2.11. The molecule has 0 bridgehead atoms. The first kappa shape index (κ1) is 14.8. The van der Waals surface area contributed by atoms with Gasteiger partial charge < -0.3 is 10.1 Å². The third kappa shape index (κ3) is 3.30. The van der Waals surface area contributed by atoms with E-state index in [1.165, 1.54) is 37.4 Å². The number of carbonyl (C=O) groups excluding carboxylic acids is 1. The minimum absolute atomic E-state index is 0.172. The van der Waals surface area contributed by atoms with Crippen molar-refractivity contribution in [2.24, 2.45) is 0 Å². The number of halogens is 2. The summed E-state index contributed by atoms with van der Waals surface area (Å²) in [4.78, 5) is 12.1. The average Bonchev–Trinajstić information content (AvgIpc) is 2.49. The number of anilines is 1. The van der Waals surface area contributed by atoms with Crippen molar-refractivity contribution in [2.75, 3.05) is 12.4 Å². The fourth-order valence-corrected chi connectivity index (χ4v) is 1.90. The lowest BCUT2D eigenvalue weighted by molar-refractivity contribution is 0.102. The van der Waals surface area contributed by atoms with Crippen LogP contribution in [0.2, 0.25) is 5.02 Å². The van der Waals surface area contributed by atoms with Gasteiger partial charge in [0.2, 0.25) is 0 Å². The second-order valence-electron chi connectivity index (χ2n) is 4.11. The van der Waals surface area contributed by atoms with Crippen LogP contribution in [0.5, 0.6) is 5.75 Å². The quantitative estimate of drug-likeness (QED) is 0.942. The largest absolute Gasteiger partial charge is 0.495 e. The number of ether oxygens (including phenoxy) is 1. The van der Waals surface area contributed by atoms with E-state index in [2.05, 4.69) is 5.32 Å². The van der Waals surface area contributed by atoms with Gasteiger partial charge in [0.1, 0.15) is 11.6 Å². The molecule has 0 fully saturated rings. The maximum absolute atomic E-state index is 13.6. The van der Waals surface area contributed by atoms with E-state index in [4.69, 9.17) is 21.6 Å². The highest BCUT2D eigenvalue weighted by Crippen LogP contribution is 2.26. The van der Waals surface area contributed by atoms with E-state index in [-0.39, 0.29) is 10.6 Å². The van der Waals surface area contributed by atoms with E-state index >= 15 is 0 Å². The lowest BCUT2D eigenvalue weighted by atomic mass is 10.1. The zero-order valence-corrected chi connectivity index (χ0v) is 11.7. The predicted octanol–water partition coefficient (Wildman–Crippen LogP) is 3.61. The maximum Gasteiger partial charge on any atom is 0.258 e. The monoisotopic (exact) mass is 304 g/mol. The van der Waals surface area contributed by atoms with Gasteiger partial charge in [-0.2, -0.15) is 5.26 Å². The van der Waals surface area contributed by atoms with Crippen molar-refractivity contribution < 1.29 is 13.9 Å². The van der Waals surface area contributed by atoms with Crippen molar-refractivity contribution in [2.45, 2.75) is 0 Å². The van der Waals surface area contributed by atoms with E-state index < -0.39 is 11.7 Å². The van der Waals surface area contributed by atoms with Crippen molar-refractivity contribution in [1.82, 2.24) is 0 Å². The molecule has 1 N–H and O–H groups in total. The van der Waals surface area contributed by atoms with Crippen molar-refractivity contribution in [3.05, 3.63) is 58.4 Å². The number of hydrogen-bond donors (Lipinski definition) is 1. The van der Waals surface area contributed by atoms with Crippen LogP contribution in [0.25, 0.3) is 0 Å². The molecule has 0 unspecified atom stereocenters. The summed E-state index contributed by atoms with van der Waals surface area (Å²) in [6, 6.07) is 10.2. The van der Waals surface area contributed by atoms with Crippen LogP contribution in [0.15, 0.2) is 36.4 Å². The molecule has 0 aliphatic heterocycles. The molecule has 0 atom stereocenters. The summed E-state index contributed by atoms with van der Waals surface area (Å²) in [5, 5.41) is 11.6. The summed E-state index contributed by atoms with van der Waals surface area (Å²) in [5.74, 6) is -1.02. The average molecular weight is 305 g/mol. The van der Waals surface area contributed by atoms with Crippen LogP contribution in [0, 0.1) is 17.1 Å². The van der Waals surface area contributed by atoms with Gasteiger partial charge in [-0.25, -0.2) is 4.39 Å². The Balaban J connectivity index is 2.32. The summed E-state index contributed by atoms with van der Waals surface area (Å²) in [5.41, 5.74) is 0.550. The highest BCUT2D eigenvalue weighted by Gasteiger charge is 2.14. The van der Waals surface area contributed by atoms with Crippen LogP contribution in [0.1, 0.15) is 15.9 Å². The van der Waals surface area contributed by atoms with E-state index in [0.29, 0.717) is 17.0 Å². The van der Waals surface area contributed by atoms with Gasteiger partial charge in [-0.1, -0.05) is 11.6 Å². The normalized spacial score (nSPS) is 9.81. The van der Waals surface area contributed by atoms with Gasteiger partial charge in [-0.05, 0) is 30.3 Å². The van der Waals surface area contributed by atoms with Gasteiger partial charge in [0.15, 0.2) is 0 Å². The Morgan fingerprint density at radius 1 is 1.33 bits per heavy atom. The molecular weight excluding hydrogens is 295 g/mol. The van der Waals surface area contributed by atoms with Crippen LogP contribution in [0.4, 0.5) is 10.1 Å². The number of nitrogens with one attached hydrogen (secondary N) is 1. The van der Waals surface area contributed by atoms with Gasteiger partial charge in [0.05, 0.1) is 30.0 Å². The fourth-order valence-electron chi connectivity index (χ4n) is 1.73. The number of nitrogens with zero attached hydrogens (tertiary/aromatic N) is 1. The Hall–Kier alpha value is -2.58. The SMILES string of the molecule is COc1cc(C#N)ccc1NC(=O)c1cc(Cl)ccc1F. The molecule has 0 aliphatic carbocycles. The third-order valence-electron chi connectivity index (χ3n) is 2.75. The fraction of sp³-hybridized carbons (Fsp3) is 0.0667. The molecule has 0 saturated heterocycles. The van der Waals surface area contributed by atoms with Crippen molar-refractivity contribution in [3.63, 3.8) is 0 Å². The van der Waals surface area contributed by atoms with E-state index in [1.807, 2.05) is 6.07 Å². The van der Waals surface area contributed by atoms with Gasteiger partial charge in [-0.3, -0.25) is 4.79 Å². The first-order valence-corrected chi connectivity index (χ1v) is 6.27. The standard InChI is InChI=1S/C15H10ClFN2O2/c1-21-14-6-9(8-18)2-5-13(14)19-15(20)11-7-10(16)3-4-12(11)17/h2-7H,1H3,(H,19,20). The molecule has 0 spiro atoms. The molecular formula is C15H10ClFN2O2. The Morgan fingerprint density at radius 2 is 2.10 bits per heavy atom. The molecule has 106 valence electrons. The van der Waals surface area contributed by atoms with E-state index in [0.717, 1.165) is 6.07 Å². The smallest absolute Gasteiger partial charge is 0.258 e. The number of carbonyl (C=O) groups is 1. The second-order valence-corrected chi connectivity index (χ2v) is 4.54.